The van der Waals surface area contributed by atoms with Gasteiger partial charge in [0, 0.05) is 30.0 Å². The van der Waals surface area contributed by atoms with Crippen molar-refractivity contribution in [1.29, 1.82) is 0 Å². The Morgan fingerprint density at radius 3 is 2.73 bits per heavy atom. The smallest absolute Gasteiger partial charge is 0.326 e. The van der Waals surface area contributed by atoms with Gasteiger partial charge in [-0.3, -0.25) is 19.3 Å². The lowest BCUT2D eigenvalue weighted by molar-refractivity contribution is -0.141. The molecule has 3 aromatic heterocycles. The Labute approximate surface area is 167 Å². The third-order valence-electron chi connectivity index (χ3n) is 4.79. The van der Waals surface area contributed by atoms with Gasteiger partial charge in [-0.15, -0.1) is 0 Å². The number of pyridine rings is 1. The number of hydrogen-bond acceptors (Lipinski definition) is 5. The number of aromatic nitrogens is 5. The van der Waals surface area contributed by atoms with Crippen molar-refractivity contribution in [2.75, 3.05) is 5.32 Å². The van der Waals surface area contributed by atoms with Crippen molar-refractivity contribution in [2.45, 2.75) is 19.0 Å². The molecule has 1 aliphatic heterocycles. The largest absolute Gasteiger partial charge is 0.433 e. The number of benzene rings is 1. The molecule has 4 heterocycles. The molecule has 0 saturated carbocycles. The number of halogens is 3. The number of amides is 1. The highest BCUT2D eigenvalue weighted by Gasteiger charge is 2.33. The first-order valence-corrected chi connectivity index (χ1v) is 9.02. The second kappa shape index (κ2) is 6.61. The molecule has 0 spiro atoms. The van der Waals surface area contributed by atoms with Gasteiger partial charge in [0.1, 0.15) is 17.0 Å². The molecule has 10 heteroatoms. The van der Waals surface area contributed by atoms with Crippen molar-refractivity contribution in [3.8, 4) is 5.69 Å². The van der Waals surface area contributed by atoms with E-state index < -0.39 is 11.9 Å². The molecule has 0 atom stereocenters. The van der Waals surface area contributed by atoms with E-state index >= 15 is 0 Å². The zero-order valence-electron chi connectivity index (χ0n) is 15.3. The summed E-state index contributed by atoms with van der Waals surface area (Å²) in [5.41, 5.74) is 2.05. The van der Waals surface area contributed by atoms with Gasteiger partial charge in [-0.25, -0.2) is 9.97 Å². The van der Waals surface area contributed by atoms with Crippen LogP contribution in [0.1, 0.15) is 22.8 Å². The van der Waals surface area contributed by atoms with Crippen molar-refractivity contribution in [2.24, 2.45) is 0 Å². The Morgan fingerprint density at radius 2 is 1.97 bits per heavy atom. The maximum atomic E-state index is 13.3. The summed E-state index contributed by atoms with van der Waals surface area (Å²) in [6, 6.07) is 7.42. The molecule has 1 aromatic carbocycles. The average Bonchev–Trinajstić information content (AvgIpc) is 3.25. The summed E-state index contributed by atoms with van der Waals surface area (Å²) in [6.07, 6.45) is 0.520. The molecule has 0 aliphatic carbocycles. The third kappa shape index (κ3) is 3.15. The first kappa shape index (κ1) is 18.2. The Kier molecular flexibility index (Phi) is 4.02. The van der Waals surface area contributed by atoms with E-state index in [9.17, 15) is 18.0 Å². The summed E-state index contributed by atoms with van der Waals surface area (Å²) in [5, 5.41) is 2.74. The summed E-state index contributed by atoms with van der Waals surface area (Å²) in [6.45, 7) is 0. The molecule has 5 rings (SSSR count). The summed E-state index contributed by atoms with van der Waals surface area (Å²) < 4.78 is 41.4. The molecule has 4 aromatic rings. The summed E-state index contributed by atoms with van der Waals surface area (Å²) in [4.78, 5) is 28.3. The molecule has 0 radical (unpaired) electrons. The number of nitrogens with zero attached hydrogens (tertiary/aromatic N) is 5. The predicted octanol–water partition coefficient (Wildman–Crippen LogP) is 3.31. The standard InChI is InChI=1S/C20H13F3N6O/c21-20(22,23)16-4-3-15-19(28-16)29(17(26-15)9-12-10-24-5-6-25-12)13-1-2-14-11(7-13)8-18(30)27-14/h1-7,10H,8-9H2,(H,27,30). The fourth-order valence-electron chi connectivity index (χ4n) is 3.49. The number of imidazole rings is 1. The SMILES string of the molecule is O=C1Cc2cc(-n3c(Cc4cnccn4)nc4ccc(C(F)(F)F)nc43)ccc2N1. The highest BCUT2D eigenvalue weighted by atomic mass is 19.4. The van der Waals surface area contributed by atoms with E-state index in [0.29, 0.717) is 28.4 Å². The highest BCUT2D eigenvalue weighted by Crippen LogP contribution is 2.32. The maximum Gasteiger partial charge on any atom is 0.433 e. The molecule has 0 bridgehead atoms. The minimum atomic E-state index is -4.58. The van der Waals surface area contributed by atoms with Crippen molar-refractivity contribution in [1.82, 2.24) is 24.5 Å². The van der Waals surface area contributed by atoms with Crippen LogP contribution in [0.2, 0.25) is 0 Å². The van der Waals surface area contributed by atoms with E-state index in [1.54, 1.807) is 29.0 Å². The summed E-state index contributed by atoms with van der Waals surface area (Å²) in [5.74, 6) is 0.337. The van der Waals surface area contributed by atoms with Crippen LogP contribution in [0.25, 0.3) is 16.9 Å². The highest BCUT2D eigenvalue weighted by molar-refractivity contribution is 5.99. The van der Waals surface area contributed by atoms with E-state index in [2.05, 4.69) is 25.3 Å². The van der Waals surface area contributed by atoms with Crippen molar-refractivity contribution < 1.29 is 18.0 Å². The maximum absolute atomic E-state index is 13.3. The van der Waals surface area contributed by atoms with Crippen molar-refractivity contribution in [3.63, 3.8) is 0 Å². The number of hydrogen-bond donors (Lipinski definition) is 1. The van der Waals surface area contributed by atoms with E-state index in [4.69, 9.17) is 0 Å². The first-order chi connectivity index (χ1) is 14.4. The lowest BCUT2D eigenvalue weighted by atomic mass is 10.1. The number of anilines is 1. The van der Waals surface area contributed by atoms with Crippen molar-refractivity contribution in [3.05, 3.63) is 71.7 Å². The van der Waals surface area contributed by atoms with Gasteiger partial charge >= 0.3 is 6.18 Å². The van der Waals surface area contributed by atoms with E-state index in [0.717, 1.165) is 11.6 Å². The number of carbonyl (C=O) groups excluding carboxylic acids is 1. The van der Waals surface area contributed by atoms with Gasteiger partial charge in [-0.2, -0.15) is 13.2 Å². The number of alkyl halides is 3. The molecule has 1 amide bonds. The van der Waals surface area contributed by atoms with Crippen LogP contribution in [0.15, 0.2) is 48.9 Å². The number of fused-ring (bicyclic) bond motifs is 2. The van der Waals surface area contributed by atoms with E-state index in [-0.39, 0.29) is 24.4 Å². The van der Waals surface area contributed by atoms with E-state index in [1.165, 1.54) is 18.5 Å². The lowest BCUT2D eigenvalue weighted by Gasteiger charge is -2.11. The molecule has 7 nitrogen and oxygen atoms in total. The molecule has 0 unspecified atom stereocenters. The molecule has 0 saturated heterocycles. The molecule has 0 fully saturated rings. The van der Waals surface area contributed by atoms with Gasteiger partial charge in [0.2, 0.25) is 5.91 Å². The van der Waals surface area contributed by atoms with Crippen LogP contribution < -0.4 is 5.32 Å². The Balaban J connectivity index is 1.71. The van der Waals surface area contributed by atoms with Crippen LogP contribution in [0.4, 0.5) is 18.9 Å². The normalized spacial score (nSPS) is 13.5. The third-order valence-corrected chi connectivity index (χ3v) is 4.79. The fraction of sp³-hybridized carbons (Fsp3) is 0.150. The predicted molar refractivity (Wildman–Crippen MR) is 101 cm³/mol. The van der Waals surface area contributed by atoms with Crippen LogP contribution in [0, 0.1) is 0 Å². The molecule has 1 N–H and O–H groups in total. The number of rotatable bonds is 3. The van der Waals surface area contributed by atoms with Crippen molar-refractivity contribution >= 4 is 22.8 Å². The van der Waals surface area contributed by atoms with Gasteiger partial charge < -0.3 is 5.32 Å². The topological polar surface area (TPSA) is 85.6 Å². The molecular formula is C20H13F3N6O. The van der Waals surface area contributed by atoms with Gasteiger partial charge in [0.25, 0.3) is 0 Å². The molecule has 150 valence electrons. The van der Waals surface area contributed by atoms with Gasteiger partial charge in [-0.05, 0) is 35.9 Å². The lowest BCUT2D eigenvalue weighted by Crippen LogP contribution is -2.09. The second-order valence-corrected chi connectivity index (χ2v) is 6.84. The Bertz CT molecular complexity index is 1280. The summed E-state index contributed by atoms with van der Waals surface area (Å²) >= 11 is 0. The van der Waals surface area contributed by atoms with Crippen LogP contribution in [-0.2, 0) is 23.8 Å². The van der Waals surface area contributed by atoms with Crippen LogP contribution in [-0.4, -0.2) is 30.4 Å². The van der Waals surface area contributed by atoms with E-state index in [1.807, 2.05) is 0 Å². The first-order valence-electron chi connectivity index (χ1n) is 9.02. The van der Waals surface area contributed by atoms with Gasteiger partial charge in [0.15, 0.2) is 5.65 Å². The van der Waals surface area contributed by atoms with Gasteiger partial charge in [-0.1, -0.05) is 0 Å². The second-order valence-electron chi connectivity index (χ2n) is 6.84. The van der Waals surface area contributed by atoms with Crippen LogP contribution in [0.3, 0.4) is 0 Å². The minimum absolute atomic E-state index is 0.0842. The molecule has 1 aliphatic rings. The fourth-order valence-corrected chi connectivity index (χ4v) is 3.49. The zero-order valence-corrected chi connectivity index (χ0v) is 15.3. The zero-order chi connectivity index (χ0) is 20.9. The average molecular weight is 410 g/mol. The van der Waals surface area contributed by atoms with Crippen LogP contribution in [0.5, 0.6) is 0 Å². The number of carbonyl (C=O) groups is 1. The molecule has 30 heavy (non-hydrogen) atoms. The number of nitrogens with one attached hydrogen (secondary N) is 1. The Hall–Kier alpha value is -3.82. The minimum Gasteiger partial charge on any atom is -0.326 e. The Morgan fingerprint density at radius 1 is 1.10 bits per heavy atom. The monoisotopic (exact) mass is 410 g/mol. The van der Waals surface area contributed by atoms with Gasteiger partial charge in [0.05, 0.1) is 18.5 Å². The molecular weight excluding hydrogens is 397 g/mol. The van der Waals surface area contributed by atoms with Crippen LogP contribution >= 0.6 is 0 Å². The quantitative estimate of drug-likeness (QED) is 0.560. The summed E-state index contributed by atoms with van der Waals surface area (Å²) in [7, 11) is 0.